The molecule has 0 saturated heterocycles. The number of nitrogens with one attached hydrogen (secondary N) is 1. The van der Waals surface area contributed by atoms with Gasteiger partial charge in [0.15, 0.2) is 11.0 Å². The maximum absolute atomic E-state index is 12.5. The van der Waals surface area contributed by atoms with E-state index >= 15 is 0 Å². The first-order valence-corrected chi connectivity index (χ1v) is 9.67. The van der Waals surface area contributed by atoms with Crippen molar-refractivity contribution in [2.75, 3.05) is 5.32 Å². The molecule has 0 unspecified atom stereocenters. The topological polar surface area (TPSA) is 59.8 Å². The Balaban J connectivity index is 1.74. The van der Waals surface area contributed by atoms with Crippen molar-refractivity contribution in [1.29, 1.82) is 0 Å². The highest BCUT2D eigenvalue weighted by Gasteiger charge is 2.19. The SMILES string of the molecule is Cc1ccc(C(=O)Nc2nc(-c3ccccc3)c(-c3nccn3C)s2)s1. The summed E-state index contributed by atoms with van der Waals surface area (Å²) >= 11 is 2.91. The number of carbonyl (C=O) groups excluding carboxylic acids is 1. The van der Waals surface area contributed by atoms with Crippen LogP contribution in [-0.4, -0.2) is 20.4 Å². The molecule has 3 aromatic heterocycles. The molecule has 0 atom stereocenters. The molecule has 3 heterocycles. The molecule has 1 amide bonds. The average molecular weight is 380 g/mol. The summed E-state index contributed by atoms with van der Waals surface area (Å²) in [5.74, 6) is 0.691. The zero-order valence-corrected chi connectivity index (χ0v) is 15.9. The molecule has 0 aliphatic heterocycles. The van der Waals surface area contributed by atoms with Gasteiger partial charge in [0.05, 0.1) is 15.4 Å². The van der Waals surface area contributed by atoms with E-state index in [4.69, 9.17) is 0 Å². The lowest BCUT2D eigenvalue weighted by Gasteiger charge is -2.02. The molecule has 1 N–H and O–H groups in total. The number of aryl methyl sites for hydroxylation is 2. The van der Waals surface area contributed by atoms with Crippen molar-refractivity contribution in [2.45, 2.75) is 6.92 Å². The van der Waals surface area contributed by atoms with Crippen LogP contribution >= 0.6 is 22.7 Å². The van der Waals surface area contributed by atoms with Gasteiger partial charge in [-0.15, -0.1) is 11.3 Å². The molecule has 0 aliphatic carbocycles. The van der Waals surface area contributed by atoms with E-state index in [1.807, 2.05) is 67.2 Å². The summed E-state index contributed by atoms with van der Waals surface area (Å²) < 4.78 is 1.95. The first-order chi connectivity index (χ1) is 12.6. The van der Waals surface area contributed by atoms with E-state index in [9.17, 15) is 4.79 Å². The third-order valence-electron chi connectivity index (χ3n) is 3.88. The van der Waals surface area contributed by atoms with E-state index in [1.54, 1.807) is 6.20 Å². The second-order valence-corrected chi connectivity index (χ2v) is 8.08. The smallest absolute Gasteiger partial charge is 0.267 e. The quantitative estimate of drug-likeness (QED) is 0.551. The van der Waals surface area contributed by atoms with Gasteiger partial charge in [0.2, 0.25) is 0 Å². The second kappa shape index (κ2) is 6.86. The number of rotatable bonds is 4. The van der Waals surface area contributed by atoms with E-state index < -0.39 is 0 Å². The van der Waals surface area contributed by atoms with Gasteiger partial charge in [-0.2, -0.15) is 0 Å². The number of nitrogens with zero attached hydrogens (tertiary/aromatic N) is 3. The summed E-state index contributed by atoms with van der Waals surface area (Å²) in [6, 6.07) is 13.7. The van der Waals surface area contributed by atoms with Gasteiger partial charge < -0.3 is 4.57 Å². The maximum atomic E-state index is 12.5. The van der Waals surface area contributed by atoms with Crippen LogP contribution in [0.3, 0.4) is 0 Å². The van der Waals surface area contributed by atoms with Crippen molar-refractivity contribution in [1.82, 2.24) is 14.5 Å². The Hall–Kier alpha value is -2.77. The highest BCUT2D eigenvalue weighted by molar-refractivity contribution is 7.19. The summed E-state index contributed by atoms with van der Waals surface area (Å²) in [6.07, 6.45) is 3.66. The van der Waals surface area contributed by atoms with Gasteiger partial charge in [-0.25, -0.2) is 9.97 Å². The molecule has 0 radical (unpaired) electrons. The van der Waals surface area contributed by atoms with Crippen LogP contribution in [0.15, 0.2) is 54.9 Å². The molecular formula is C19H16N4OS2. The maximum Gasteiger partial charge on any atom is 0.267 e. The summed E-state index contributed by atoms with van der Waals surface area (Å²) in [7, 11) is 1.95. The molecule has 0 fully saturated rings. The van der Waals surface area contributed by atoms with Gasteiger partial charge in [-0.1, -0.05) is 41.7 Å². The standard InChI is InChI=1S/C19H16N4OS2/c1-12-8-9-14(25-12)18(24)22-19-21-15(13-6-4-3-5-7-13)16(26-19)17-20-10-11-23(17)2/h3-11H,1-2H3,(H,21,22,24). The number of thiazole rings is 1. The van der Waals surface area contributed by atoms with Gasteiger partial charge in [0, 0.05) is 29.9 Å². The fourth-order valence-electron chi connectivity index (χ4n) is 2.62. The van der Waals surface area contributed by atoms with Crippen LogP contribution in [0.5, 0.6) is 0 Å². The number of hydrogen-bond acceptors (Lipinski definition) is 5. The number of hydrogen-bond donors (Lipinski definition) is 1. The fraction of sp³-hybridized carbons (Fsp3) is 0.105. The van der Waals surface area contributed by atoms with Gasteiger partial charge in [0.25, 0.3) is 5.91 Å². The predicted molar refractivity (Wildman–Crippen MR) is 107 cm³/mol. The minimum Gasteiger partial charge on any atom is -0.333 e. The molecule has 4 aromatic rings. The molecule has 0 bridgehead atoms. The molecule has 7 heteroatoms. The Bertz CT molecular complexity index is 1060. The molecule has 0 aliphatic rings. The summed E-state index contributed by atoms with van der Waals surface area (Å²) in [6.45, 7) is 1.98. The summed E-state index contributed by atoms with van der Waals surface area (Å²) in [4.78, 5) is 24.3. The number of carbonyl (C=O) groups is 1. The lowest BCUT2D eigenvalue weighted by atomic mass is 10.1. The Morgan fingerprint density at radius 1 is 1.12 bits per heavy atom. The lowest BCUT2D eigenvalue weighted by Crippen LogP contribution is -2.09. The van der Waals surface area contributed by atoms with Crippen LogP contribution in [0.25, 0.3) is 22.0 Å². The Labute approximate surface area is 159 Å². The zero-order valence-electron chi connectivity index (χ0n) is 14.3. The molecular weight excluding hydrogens is 364 g/mol. The number of aromatic nitrogens is 3. The number of anilines is 1. The largest absolute Gasteiger partial charge is 0.333 e. The third kappa shape index (κ3) is 3.18. The van der Waals surface area contributed by atoms with Crippen molar-refractivity contribution in [2.24, 2.45) is 7.05 Å². The van der Waals surface area contributed by atoms with Gasteiger partial charge in [-0.3, -0.25) is 10.1 Å². The van der Waals surface area contributed by atoms with Crippen molar-refractivity contribution in [3.63, 3.8) is 0 Å². The van der Waals surface area contributed by atoms with E-state index in [1.165, 1.54) is 22.7 Å². The normalized spacial score (nSPS) is 10.8. The summed E-state index contributed by atoms with van der Waals surface area (Å²) in [5, 5.41) is 3.49. The van der Waals surface area contributed by atoms with Crippen LogP contribution in [-0.2, 0) is 7.05 Å². The van der Waals surface area contributed by atoms with Crippen molar-refractivity contribution < 1.29 is 4.79 Å². The molecule has 0 spiro atoms. The summed E-state index contributed by atoms with van der Waals surface area (Å²) in [5.41, 5.74) is 1.82. The average Bonchev–Trinajstić information content (AvgIpc) is 3.35. The Kier molecular flexibility index (Phi) is 4.40. The van der Waals surface area contributed by atoms with Crippen molar-refractivity contribution in [3.05, 3.63) is 64.6 Å². The van der Waals surface area contributed by atoms with E-state index in [0.717, 1.165) is 26.8 Å². The molecule has 1 aromatic carbocycles. The number of thiophene rings is 1. The molecule has 130 valence electrons. The van der Waals surface area contributed by atoms with E-state index in [-0.39, 0.29) is 5.91 Å². The lowest BCUT2D eigenvalue weighted by molar-refractivity contribution is 0.103. The highest BCUT2D eigenvalue weighted by Crippen LogP contribution is 2.38. The molecule has 0 saturated carbocycles. The van der Waals surface area contributed by atoms with Gasteiger partial charge >= 0.3 is 0 Å². The van der Waals surface area contributed by atoms with Crippen molar-refractivity contribution in [3.8, 4) is 22.0 Å². The van der Waals surface area contributed by atoms with Crippen LogP contribution in [0.1, 0.15) is 14.5 Å². The third-order valence-corrected chi connectivity index (χ3v) is 5.85. The minimum absolute atomic E-state index is 0.136. The van der Waals surface area contributed by atoms with Crippen LogP contribution in [0.4, 0.5) is 5.13 Å². The Morgan fingerprint density at radius 2 is 1.92 bits per heavy atom. The number of imidazole rings is 1. The van der Waals surface area contributed by atoms with Crippen molar-refractivity contribution >= 4 is 33.7 Å². The fourth-order valence-corrected chi connectivity index (χ4v) is 4.40. The Morgan fingerprint density at radius 3 is 2.58 bits per heavy atom. The van der Waals surface area contributed by atoms with Crippen LogP contribution < -0.4 is 5.32 Å². The molecule has 5 nitrogen and oxygen atoms in total. The van der Waals surface area contributed by atoms with Crippen LogP contribution in [0.2, 0.25) is 0 Å². The van der Waals surface area contributed by atoms with E-state index in [0.29, 0.717) is 10.0 Å². The number of benzene rings is 1. The monoisotopic (exact) mass is 380 g/mol. The van der Waals surface area contributed by atoms with Crippen LogP contribution in [0, 0.1) is 6.92 Å². The molecule has 26 heavy (non-hydrogen) atoms. The van der Waals surface area contributed by atoms with E-state index in [2.05, 4.69) is 15.3 Å². The minimum atomic E-state index is -0.136. The van der Waals surface area contributed by atoms with Gasteiger partial charge in [0.1, 0.15) is 0 Å². The first-order valence-electron chi connectivity index (χ1n) is 8.03. The number of amides is 1. The zero-order chi connectivity index (χ0) is 18.1. The second-order valence-electron chi connectivity index (χ2n) is 5.79. The predicted octanol–water partition coefficient (Wildman–Crippen LogP) is 4.83. The first kappa shape index (κ1) is 16.7. The van der Waals surface area contributed by atoms with Gasteiger partial charge in [-0.05, 0) is 19.1 Å². The molecule has 4 rings (SSSR count). The highest BCUT2D eigenvalue weighted by atomic mass is 32.1.